The summed E-state index contributed by atoms with van der Waals surface area (Å²) in [4.78, 5) is 25.6. The van der Waals surface area contributed by atoms with Crippen molar-refractivity contribution in [3.8, 4) is 0 Å². The van der Waals surface area contributed by atoms with Crippen molar-refractivity contribution < 1.29 is 32.9 Å². The number of phosphoric ester groups is 1. The Morgan fingerprint density at radius 1 is 0.427 bits per heavy atom. The first-order chi connectivity index (χ1) is 40.0. The number of allylic oxidation sites excluding steroid dienone is 9. The van der Waals surface area contributed by atoms with Crippen LogP contribution in [-0.2, 0) is 18.4 Å². The van der Waals surface area contributed by atoms with E-state index in [4.69, 9.17) is 9.05 Å². The van der Waals surface area contributed by atoms with E-state index in [0.717, 1.165) is 51.4 Å². The summed E-state index contributed by atoms with van der Waals surface area (Å²) in [6, 6.07) is -0.913. The Balaban J connectivity index is 4.05. The highest BCUT2D eigenvalue weighted by Gasteiger charge is 2.23. The Morgan fingerprint density at radius 3 is 1.06 bits per heavy atom. The van der Waals surface area contributed by atoms with Gasteiger partial charge < -0.3 is 28.8 Å². The molecule has 0 heterocycles. The second-order valence-corrected chi connectivity index (χ2v) is 27.0. The van der Waals surface area contributed by atoms with Crippen LogP contribution in [0, 0.1) is 0 Å². The van der Waals surface area contributed by atoms with Crippen LogP contribution in [0.5, 0.6) is 0 Å². The van der Waals surface area contributed by atoms with Crippen molar-refractivity contribution in [1.82, 2.24) is 5.32 Å². The van der Waals surface area contributed by atoms with Gasteiger partial charge in [-0.25, -0.2) is 0 Å². The lowest BCUT2D eigenvalue weighted by molar-refractivity contribution is -0.870. The van der Waals surface area contributed by atoms with Gasteiger partial charge in [0, 0.05) is 6.42 Å². The van der Waals surface area contributed by atoms with E-state index < -0.39 is 26.6 Å². The lowest BCUT2D eigenvalue weighted by atomic mass is 10.0. The number of carbonyl (C=O) groups is 1. The molecule has 0 bridgehead atoms. The summed E-state index contributed by atoms with van der Waals surface area (Å²) in [5.74, 6) is -0.207. The van der Waals surface area contributed by atoms with Crippen LogP contribution in [0.4, 0.5) is 0 Å². The van der Waals surface area contributed by atoms with Gasteiger partial charge in [0.05, 0.1) is 39.9 Å². The Hall–Kier alpha value is -1.80. The van der Waals surface area contributed by atoms with Gasteiger partial charge >= 0.3 is 0 Å². The lowest BCUT2D eigenvalue weighted by Crippen LogP contribution is -2.45. The van der Waals surface area contributed by atoms with Crippen molar-refractivity contribution in [2.45, 2.75) is 360 Å². The van der Waals surface area contributed by atoms with Crippen LogP contribution in [-0.4, -0.2) is 68.5 Å². The Labute approximate surface area is 511 Å². The van der Waals surface area contributed by atoms with Crippen LogP contribution in [0.25, 0.3) is 0 Å². The quantitative estimate of drug-likeness (QED) is 0.0272. The molecule has 0 fully saturated rings. The second-order valence-electron chi connectivity index (χ2n) is 25.6. The van der Waals surface area contributed by atoms with E-state index in [1.807, 2.05) is 27.2 Å². The summed E-state index contributed by atoms with van der Waals surface area (Å²) in [6.45, 7) is 4.66. The molecule has 0 aliphatic heterocycles. The molecule has 0 saturated heterocycles. The normalized spacial score (nSPS) is 14.0. The number of amides is 1. The molecule has 0 aliphatic carbocycles. The van der Waals surface area contributed by atoms with E-state index in [-0.39, 0.29) is 12.5 Å². The highest BCUT2D eigenvalue weighted by atomic mass is 31.2. The summed E-state index contributed by atoms with van der Waals surface area (Å²) >= 11 is 0. The third kappa shape index (κ3) is 65.7. The molecule has 0 aromatic heterocycles. The predicted molar refractivity (Wildman–Crippen MR) is 357 cm³/mol. The number of quaternary nitrogens is 1. The van der Waals surface area contributed by atoms with Crippen molar-refractivity contribution >= 4 is 13.7 Å². The monoisotopic (exact) mass is 1170 g/mol. The van der Waals surface area contributed by atoms with Gasteiger partial charge in [-0.05, 0) is 77.0 Å². The number of rotatable bonds is 66. The van der Waals surface area contributed by atoms with Crippen LogP contribution < -0.4 is 10.2 Å². The average molecular weight is 1170 g/mol. The molecule has 3 atom stereocenters. The predicted octanol–water partition coefficient (Wildman–Crippen LogP) is 22.1. The van der Waals surface area contributed by atoms with E-state index in [1.165, 1.54) is 276 Å². The zero-order chi connectivity index (χ0) is 59.8. The number of carbonyl (C=O) groups excluding carboxylic acids is 1. The molecule has 2 N–H and O–H groups in total. The van der Waals surface area contributed by atoms with Crippen molar-refractivity contribution in [1.29, 1.82) is 0 Å². The van der Waals surface area contributed by atoms with E-state index in [2.05, 4.69) is 67.8 Å². The molecule has 3 unspecified atom stereocenters. The molecule has 82 heavy (non-hydrogen) atoms. The van der Waals surface area contributed by atoms with Crippen LogP contribution in [0.3, 0.4) is 0 Å². The first kappa shape index (κ1) is 80.2. The van der Waals surface area contributed by atoms with Gasteiger partial charge in [-0.3, -0.25) is 9.36 Å². The maximum absolute atomic E-state index is 13.0. The SMILES string of the molecule is CCCCCCCCCCCCCCC/C=C\C/C=C\CCCCCCCCCCCCCCCCCCCC(=O)NC(COP(=O)([O-])OCC[N+](C)(C)C)C(O)/C=C/CC/C=C/CC/C=C/CCCCCCCCCCCCCCC. The number of unbranched alkanes of at least 4 members (excludes halogenated alkanes) is 45. The summed E-state index contributed by atoms with van der Waals surface area (Å²) in [7, 11) is 1.24. The van der Waals surface area contributed by atoms with Crippen molar-refractivity contribution in [3.05, 3.63) is 60.8 Å². The van der Waals surface area contributed by atoms with E-state index in [1.54, 1.807) is 6.08 Å². The fraction of sp³-hybridized carbons (Fsp3) is 0.849. The fourth-order valence-electron chi connectivity index (χ4n) is 10.6. The minimum absolute atomic E-state index is 0.00934. The molecular weight excluding hydrogens is 1030 g/mol. The summed E-state index contributed by atoms with van der Waals surface area (Å²) in [6.07, 6.45) is 87.9. The largest absolute Gasteiger partial charge is 0.756 e. The second kappa shape index (κ2) is 63.7. The van der Waals surface area contributed by atoms with E-state index >= 15 is 0 Å². The smallest absolute Gasteiger partial charge is 0.268 e. The van der Waals surface area contributed by atoms with Gasteiger partial charge in [0.25, 0.3) is 7.82 Å². The van der Waals surface area contributed by atoms with Crippen molar-refractivity contribution in [2.75, 3.05) is 40.9 Å². The van der Waals surface area contributed by atoms with E-state index in [0.29, 0.717) is 17.4 Å². The molecule has 9 heteroatoms. The third-order valence-corrected chi connectivity index (χ3v) is 17.1. The van der Waals surface area contributed by atoms with Gasteiger partial charge in [0.2, 0.25) is 5.91 Å². The summed E-state index contributed by atoms with van der Waals surface area (Å²) < 4.78 is 23.4. The third-order valence-electron chi connectivity index (χ3n) is 16.2. The number of phosphoric acid groups is 1. The number of likely N-dealkylation sites (N-methyl/N-ethyl adjacent to an activating group) is 1. The van der Waals surface area contributed by atoms with E-state index in [9.17, 15) is 19.4 Å². The molecule has 482 valence electrons. The Morgan fingerprint density at radius 2 is 0.720 bits per heavy atom. The standard InChI is InChI=1S/C73H139N2O6P/c1-6-8-10-12-14-16-18-20-22-24-26-28-30-31-32-33-34-35-36-37-38-39-40-41-42-43-45-47-49-51-53-55-57-59-61-63-65-67-73(77)74-71(70-81-82(78,79)80-69-68-75(3,4)5)72(76)66-64-62-60-58-56-54-52-50-48-46-44-29-27-25-23-21-19-17-15-13-11-9-7-2/h32-33,35-36,48,50,56,58,64,66,71-72,76H,6-31,34,37-47,49,51-55,57,59-63,65,67-70H2,1-5H3,(H-,74,77,78,79)/b33-32-,36-35-,50-48+,58-56+,66-64+. The number of nitrogens with zero attached hydrogens (tertiary/aromatic N) is 1. The molecule has 1 amide bonds. The molecule has 0 aromatic carbocycles. The summed E-state index contributed by atoms with van der Waals surface area (Å²) in [5.41, 5.74) is 0. The number of hydrogen-bond acceptors (Lipinski definition) is 6. The summed E-state index contributed by atoms with van der Waals surface area (Å²) in [5, 5.41) is 13.9. The van der Waals surface area contributed by atoms with Crippen molar-refractivity contribution in [2.24, 2.45) is 0 Å². The first-order valence-corrected chi connectivity index (χ1v) is 37.1. The minimum Gasteiger partial charge on any atom is -0.756 e. The highest BCUT2D eigenvalue weighted by Crippen LogP contribution is 2.38. The van der Waals surface area contributed by atoms with Gasteiger partial charge in [0.1, 0.15) is 13.2 Å². The van der Waals surface area contributed by atoms with Gasteiger partial charge in [-0.2, -0.15) is 0 Å². The topological polar surface area (TPSA) is 108 Å². The molecule has 0 saturated carbocycles. The molecule has 8 nitrogen and oxygen atoms in total. The molecule has 0 radical (unpaired) electrons. The van der Waals surface area contributed by atoms with Crippen LogP contribution in [0.2, 0.25) is 0 Å². The van der Waals surface area contributed by atoms with Gasteiger partial charge in [0.15, 0.2) is 0 Å². The zero-order valence-electron chi connectivity index (χ0n) is 55.2. The van der Waals surface area contributed by atoms with Crippen LogP contribution >= 0.6 is 7.82 Å². The molecule has 0 spiro atoms. The highest BCUT2D eigenvalue weighted by molar-refractivity contribution is 7.45. The number of aliphatic hydroxyl groups is 1. The number of hydrogen-bond donors (Lipinski definition) is 2. The fourth-order valence-corrected chi connectivity index (χ4v) is 11.4. The average Bonchev–Trinajstić information content (AvgIpc) is 3.47. The van der Waals surface area contributed by atoms with Crippen LogP contribution in [0.15, 0.2) is 60.8 Å². The first-order valence-electron chi connectivity index (χ1n) is 35.7. The zero-order valence-corrected chi connectivity index (χ0v) is 56.1. The molecule has 0 aromatic rings. The Kier molecular flexibility index (Phi) is 62.3. The minimum atomic E-state index is -4.62. The van der Waals surface area contributed by atoms with Crippen molar-refractivity contribution in [3.63, 3.8) is 0 Å². The Bertz CT molecular complexity index is 1520. The number of aliphatic hydroxyl groups excluding tert-OH is 1. The molecule has 0 rings (SSSR count). The molecule has 0 aliphatic rings. The number of nitrogens with one attached hydrogen (secondary N) is 1. The maximum Gasteiger partial charge on any atom is 0.268 e. The molecular formula is C73H139N2O6P. The van der Waals surface area contributed by atoms with Crippen LogP contribution in [0.1, 0.15) is 348 Å². The van der Waals surface area contributed by atoms with Gasteiger partial charge in [-0.1, -0.05) is 325 Å². The lowest BCUT2D eigenvalue weighted by Gasteiger charge is -2.29. The van der Waals surface area contributed by atoms with Gasteiger partial charge in [-0.15, -0.1) is 0 Å². The maximum atomic E-state index is 13.0.